The first-order valence-electron chi connectivity index (χ1n) is 4.84. The number of aliphatic hydroxyl groups excluding tert-OH is 1. The highest BCUT2D eigenvalue weighted by atomic mass is 35.5. The Morgan fingerprint density at radius 2 is 2.00 bits per heavy atom. The number of carbonyl (C=O) groups excluding carboxylic acids is 1. The SMILES string of the molecule is O=C(CCCO)NCc1ccc(Cl)cc1. The zero-order valence-corrected chi connectivity index (χ0v) is 9.13. The van der Waals surface area contributed by atoms with E-state index in [1.54, 1.807) is 12.1 Å². The van der Waals surface area contributed by atoms with E-state index in [-0.39, 0.29) is 12.5 Å². The summed E-state index contributed by atoms with van der Waals surface area (Å²) in [6, 6.07) is 7.32. The fraction of sp³-hybridized carbons (Fsp3) is 0.364. The molecule has 0 bridgehead atoms. The molecule has 0 saturated heterocycles. The summed E-state index contributed by atoms with van der Waals surface area (Å²) in [6.45, 7) is 0.551. The molecule has 0 radical (unpaired) electrons. The summed E-state index contributed by atoms with van der Waals surface area (Å²) in [4.78, 5) is 11.2. The number of halogens is 1. The quantitative estimate of drug-likeness (QED) is 0.805. The molecular formula is C11H14ClNO2. The van der Waals surface area contributed by atoms with Gasteiger partial charge in [-0.2, -0.15) is 0 Å². The van der Waals surface area contributed by atoms with Crippen molar-refractivity contribution in [2.75, 3.05) is 6.61 Å². The van der Waals surface area contributed by atoms with E-state index < -0.39 is 0 Å². The number of aliphatic hydroxyl groups is 1. The van der Waals surface area contributed by atoms with Crippen LogP contribution in [0.2, 0.25) is 5.02 Å². The Labute approximate surface area is 94.1 Å². The molecule has 82 valence electrons. The molecular weight excluding hydrogens is 214 g/mol. The van der Waals surface area contributed by atoms with E-state index in [1.165, 1.54) is 0 Å². The van der Waals surface area contributed by atoms with Crippen LogP contribution < -0.4 is 5.32 Å². The molecule has 0 unspecified atom stereocenters. The molecule has 0 aliphatic heterocycles. The molecule has 0 fully saturated rings. The maximum absolute atomic E-state index is 11.2. The molecule has 4 heteroatoms. The van der Waals surface area contributed by atoms with Gasteiger partial charge in [-0.1, -0.05) is 23.7 Å². The van der Waals surface area contributed by atoms with Crippen molar-refractivity contribution in [2.45, 2.75) is 19.4 Å². The molecule has 0 heterocycles. The average Bonchev–Trinajstić information content (AvgIpc) is 2.25. The number of carbonyl (C=O) groups is 1. The van der Waals surface area contributed by atoms with E-state index in [4.69, 9.17) is 16.7 Å². The maximum Gasteiger partial charge on any atom is 0.220 e. The van der Waals surface area contributed by atoms with Crippen LogP contribution in [0.15, 0.2) is 24.3 Å². The first kappa shape index (κ1) is 12.0. The van der Waals surface area contributed by atoms with E-state index in [9.17, 15) is 4.79 Å². The molecule has 0 aliphatic carbocycles. The third-order valence-corrected chi connectivity index (χ3v) is 2.22. The van der Waals surface area contributed by atoms with Gasteiger partial charge in [-0.15, -0.1) is 0 Å². The lowest BCUT2D eigenvalue weighted by atomic mass is 10.2. The van der Waals surface area contributed by atoms with Gasteiger partial charge >= 0.3 is 0 Å². The molecule has 0 aliphatic rings. The van der Waals surface area contributed by atoms with Gasteiger partial charge in [0.25, 0.3) is 0 Å². The van der Waals surface area contributed by atoms with Crippen molar-refractivity contribution in [1.82, 2.24) is 5.32 Å². The Morgan fingerprint density at radius 1 is 1.33 bits per heavy atom. The van der Waals surface area contributed by atoms with Crippen molar-refractivity contribution >= 4 is 17.5 Å². The van der Waals surface area contributed by atoms with Crippen molar-refractivity contribution < 1.29 is 9.90 Å². The fourth-order valence-electron chi connectivity index (χ4n) is 1.13. The van der Waals surface area contributed by atoms with Gasteiger partial charge in [-0.05, 0) is 24.1 Å². The molecule has 0 aromatic heterocycles. The van der Waals surface area contributed by atoms with Crippen LogP contribution in [0.25, 0.3) is 0 Å². The van der Waals surface area contributed by atoms with Crippen LogP contribution in [-0.2, 0) is 11.3 Å². The van der Waals surface area contributed by atoms with Gasteiger partial charge < -0.3 is 10.4 Å². The Balaban J connectivity index is 2.30. The van der Waals surface area contributed by atoms with Gasteiger partial charge in [0.05, 0.1) is 0 Å². The number of benzene rings is 1. The van der Waals surface area contributed by atoms with Crippen LogP contribution in [0.4, 0.5) is 0 Å². The first-order chi connectivity index (χ1) is 7.22. The Hall–Kier alpha value is -1.06. The third kappa shape index (κ3) is 4.81. The predicted molar refractivity (Wildman–Crippen MR) is 59.6 cm³/mol. The van der Waals surface area contributed by atoms with Gasteiger partial charge in [0, 0.05) is 24.6 Å². The highest BCUT2D eigenvalue weighted by Gasteiger charge is 2.00. The molecule has 0 saturated carbocycles. The van der Waals surface area contributed by atoms with Crippen LogP contribution in [0.3, 0.4) is 0 Å². The molecule has 0 atom stereocenters. The largest absolute Gasteiger partial charge is 0.396 e. The second-order valence-electron chi connectivity index (χ2n) is 3.23. The number of hydrogen-bond donors (Lipinski definition) is 2. The molecule has 0 spiro atoms. The molecule has 1 aromatic rings. The Morgan fingerprint density at radius 3 is 2.60 bits per heavy atom. The van der Waals surface area contributed by atoms with E-state index >= 15 is 0 Å². The number of hydrogen-bond acceptors (Lipinski definition) is 2. The smallest absolute Gasteiger partial charge is 0.220 e. The highest BCUT2D eigenvalue weighted by Crippen LogP contribution is 2.09. The van der Waals surface area contributed by atoms with E-state index in [0.29, 0.717) is 24.4 Å². The topological polar surface area (TPSA) is 49.3 Å². The van der Waals surface area contributed by atoms with Crippen LogP contribution in [-0.4, -0.2) is 17.6 Å². The molecule has 1 aromatic carbocycles. The summed E-state index contributed by atoms with van der Waals surface area (Å²) in [5, 5.41) is 12.0. The van der Waals surface area contributed by atoms with Crippen molar-refractivity contribution in [3.8, 4) is 0 Å². The van der Waals surface area contributed by atoms with Crippen LogP contribution >= 0.6 is 11.6 Å². The molecule has 15 heavy (non-hydrogen) atoms. The van der Waals surface area contributed by atoms with Crippen molar-refractivity contribution in [1.29, 1.82) is 0 Å². The maximum atomic E-state index is 11.2. The lowest BCUT2D eigenvalue weighted by Crippen LogP contribution is -2.22. The molecule has 3 nitrogen and oxygen atoms in total. The van der Waals surface area contributed by atoms with Gasteiger partial charge in [-0.25, -0.2) is 0 Å². The third-order valence-electron chi connectivity index (χ3n) is 1.96. The van der Waals surface area contributed by atoms with Gasteiger partial charge in [0.1, 0.15) is 0 Å². The van der Waals surface area contributed by atoms with E-state index in [1.807, 2.05) is 12.1 Å². The first-order valence-corrected chi connectivity index (χ1v) is 5.22. The van der Waals surface area contributed by atoms with Crippen LogP contribution in [0, 0.1) is 0 Å². The summed E-state index contributed by atoms with van der Waals surface area (Å²) >= 11 is 5.73. The predicted octanol–water partition coefficient (Wildman–Crippen LogP) is 1.73. The fourth-order valence-corrected chi connectivity index (χ4v) is 1.26. The number of amides is 1. The summed E-state index contributed by atoms with van der Waals surface area (Å²) in [5.41, 5.74) is 1.01. The molecule has 1 rings (SSSR count). The zero-order chi connectivity index (χ0) is 11.1. The standard InChI is InChI=1S/C11H14ClNO2/c12-10-5-3-9(4-6-10)8-13-11(15)2-1-7-14/h3-6,14H,1-2,7-8H2,(H,13,15). The summed E-state index contributed by atoms with van der Waals surface area (Å²) in [5.74, 6) is -0.0426. The van der Waals surface area contributed by atoms with E-state index in [0.717, 1.165) is 5.56 Å². The summed E-state index contributed by atoms with van der Waals surface area (Å²) in [6.07, 6.45) is 0.872. The Bertz CT molecular complexity index is 311. The number of nitrogens with one attached hydrogen (secondary N) is 1. The minimum Gasteiger partial charge on any atom is -0.396 e. The lowest BCUT2D eigenvalue weighted by Gasteiger charge is -2.04. The summed E-state index contributed by atoms with van der Waals surface area (Å²) in [7, 11) is 0. The summed E-state index contributed by atoms with van der Waals surface area (Å²) < 4.78 is 0. The van der Waals surface area contributed by atoms with Crippen molar-refractivity contribution in [2.24, 2.45) is 0 Å². The minimum absolute atomic E-state index is 0.0426. The second-order valence-corrected chi connectivity index (χ2v) is 3.67. The minimum atomic E-state index is -0.0426. The Kier molecular flexibility index (Phi) is 5.15. The van der Waals surface area contributed by atoms with E-state index in [2.05, 4.69) is 5.32 Å². The monoisotopic (exact) mass is 227 g/mol. The normalized spacial score (nSPS) is 10.0. The van der Waals surface area contributed by atoms with Crippen LogP contribution in [0.1, 0.15) is 18.4 Å². The second kappa shape index (κ2) is 6.43. The van der Waals surface area contributed by atoms with Crippen molar-refractivity contribution in [3.05, 3.63) is 34.9 Å². The van der Waals surface area contributed by atoms with Gasteiger partial charge in [0.2, 0.25) is 5.91 Å². The van der Waals surface area contributed by atoms with Gasteiger partial charge in [0.15, 0.2) is 0 Å². The highest BCUT2D eigenvalue weighted by molar-refractivity contribution is 6.30. The molecule has 2 N–H and O–H groups in total. The number of rotatable bonds is 5. The average molecular weight is 228 g/mol. The molecule has 1 amide bonds. The zero-order valence-electron chi connectivity index (χ0n) is 8.37. The van der Waals surface area contributed by atoms with Gasteiger partial charge in [-0.3, -0.25) is 4.79 Å². The van der Waals surface area contributed by atoms with Crippen molar-refractivity contribution in [3.63, 3.8) is 0 Å². The van der Waals surface area contributed by atoms with Crippen LogP contribution in [0.5, 0.6) is 0 Å². The lowest BCUT2D eigenvalue weighted by molar-refractivity contribution is -0.121.